The maximum atomic E-state index is 11.5. The van der Waals surface area contributed by atoms with Gasteiger partial charge in [-0.15, -0.1) is 0 Å². The fourth-order valence-electron chi connectivity index (χ4n) is 3.74. The number of aliphatic hydroxyl groups is 1. The third-order valence-electron chi connectivity index (χ3n) is 5.03. The quantitative estimate of drug-likeness (QED) is 0.906. The maximum absolute atomic E-state index is 11.5. The normalized spacial score (nSPS) is 23.6. The van der Waals surface area contributed by atoms with Gasteiger partial charge in [-0.25, -0.2) is 4.99 Å². The highest BCUT2D eigenvalue weighted by atomic mass is 16.5. The molecule has 0 spiro atoms. The summed E-state index contributed by atoms with van der Waals surface area (Å²) >= 11 is 0. The number of hydrogen-bond donors (Lipinski definition) is 2. The smallest absolute Gasteiger partial charge is 0.178 e. The monoisotopic (exact) mass is 322 g/mol. The second kappa shape index (κ2) is 5.95. The van der Waals surface area contributed by atoms with E-state index in [1.165, 1.54) is 19.3 Å². The molecule has 4 heteroatoms. The third kappa shape index (κ3) is 2.38. The van der Waals surface area contributed by atoms with Gasteiger partial charge in [0.05, 0.1) is 11.8 Å². The Morgan fingerprint density at radius 3 is 2.42 bits per heavy atom. The molecule has 3 N–H and O–H groups in total. The molecule has 1 heterocycles. The SMILES string of the molecule is NC1=Nc2ccccc2C1(O)c1ccccc1OC1CCCCC1. The molecule has 1 aliphatic carbocycles. The van der Waals surface area contributed by atoms with Crippen LogP contribution in [0.5, 0.6) is 5.75 Å². The van der Waals surface area contributed by atoms with Gasteiger partial charge >= 0.3 is 0 Å². The minimum atomic E-state index is -1.43. The second-order valence-corrected chi connectivity index (χ2v) is 6.60. The summed E-state index contributed by atoms with van der Waals surface area (Å²) in [5, 5.41) is 11.5. The van der Waals surface area contributed by atoms with Crippen LogP contribution in [0.4, 0.5) is 5.69 Å². The first-order valence-corrected chi connectivity index (χ1v) is 8.62. The van der Waals surface area contributed by atoms with Gasteiger partial charge in [-0.1, -0.05) is 42.8 Å². The highest BCUT2D eigenvalue weighted by Gasteiger charge is 2.44. The van der Waals surface area contributed by atoms with Gasteiger partial charge in [0, 0.05) is 11.1 Å². The van der Waals surface area contributed by atoms with Gasteiger partial charge in [-0.05, 0) is 37.8 Å². The molecule has 0 saturated heterocycles. The maximum Gasteiger partial charge on any atom is 0.178 e. The molecule has 4 rings (SSSR count). The van der Waals surface area contributed by atoms with E-state index in [2.05, 4.69) is 4.99 Å². The zero-order valence-corrected chi connectivity index (χ0v) is 13.6. The van der Waals surface area contributed by atoms with Crippen LogP contribution in [0.25, 0.3) is 0 Å². The molecular formula is C20H22N2O2. The number of benzene rings is 2. The Morgan fingerprint density at radius 1 is 0.958 bits per heavy atom. The van der Waals surface area contributed by atoms with Crippen LogP contribution in [0.2, 0.25) is 0 Å². The van der Waals surface area contributed by atoms with Crippen LogP contribution in [0, 0.1) is 0 Å². The van der Waals surface area contributed by atoms with Crippen molar-refractivity contribution in [1.29, 1.82) is 0 Å². The van der Waals surface area contributed by atoms with Crippen molar-refractivity contribution >= 4 is 11.5 Å². The molecule has 1 unspecified atom stereocenters. The zero-order valence-electron chi connectivity index (χ0n) is 13.6. The molecule has 0 aromatic heterocycles. The number of aliphatic imine (C=N–C) groups is 1. The van der Waals surface area contributed by atoms with E-state index < -0.39 is 5.60 Å². The van der Waals surface area contributed by atoms with E-state index in [1.54, 1.807) is 0 Å². The first-order chi connectivity index (χ1) is 11.7. The van der Waals surface area contributed by atoms with Crippen molar-refractivity contribution in [1.82, 2.24) is 0 Å². The number of ether oxygens (including phenoxy) is 1. The molecule has 1 saturated carbocycles. The van der Waals surface area contributed by atoms with E-state index in [1.807, 2.05) is 48.5 Å². The van der Waals surface area contributed by atoms with Gasteiger partial charge in [0.15, 0.2) is 5.60 Å². The van der Waals surface area contributed by atoms with E-state index in [-0.39, 0.29) is 11.9 Å². The lowest BCUT2D eigenvalue weighted by Crippen LogP contribution is -2.40. The van der Waals surface area contributed by atoms with Crippen molar-refractivity contribution < 1.29 is 9.84 Å². The van der Waals surface area contributed by atoms with Crippen LogP contribution in [-0.4, -0.2) is 17.0 Å². The van der Waals surface area contributed by atoms with Gasteiger partial charge in [-0.2, -0.15) is 0 Å². The van der Waals surface area contributed by atoms with Gasteiger partial charge in [-0.3, -0.25) is 0 Å². The molecule has 4 nitrogen and oxygen atoms in total. The molecule has 0 radical (unpaired) electrons. The average Bonchev–Trinajstić information content (AvgIpc) is 2.88. The highest BCUT2D eigenvalue weighted by molar-refractivity contribution is 6.01. The van der Waals surface area contributed by atoms with Crippen LogP contribution in [0.3, 0.4) is 0 Å². The molecule has 124 valence electrons. The summed E-state index contributed by atoms with van der Waals surface area (Å²) in [6.07, 6.45) is 6.00. The summed E-state index contributed by atoms with van der Waals surface area (Å²) in [6, 6.07) is 15.1. The second-order valence-electron chi connectivity index (χ2n) is 6.60. The molecule has 2 aromatic rings. The van der Waals surface area contributed by atoms with E-state index in [4.69, 9.17) is 10.5 Å². The lowest BCUT2D eigenvalue weighted by molar-refractivity contribution is 0.129. The lowest BCUT2D eigenvalue weighted by atomic mass is 9.85. The van der Waals surface area contributed by atoms with Crippen molar-refractivity contribution in [2.75, 3.05) is 0 Å². The van der Waals surface area contributed by atoms with Crippen LogP contribution in [-0.2, 0) is 5.60 Å². The highest BCUT2D eigenvalue weighted by Crippen LogP contribution is 2.44. The Balaban J connectivity index is 1.75. The summed E-state index contributed by atoms with van der Waals surface area (Å²) in [5.41, 5.74) is 6.80. The van der Waals surface area contributed by atoms with E-state index in [9.17, 15) is 5.11 Å². The number of fused-ring (bicyclic) bond motifs is 1. The van der Waals surface area contributed by atoms with Crippen molar-refractivity contribution in [2.45, 2.75) is 43.8 Å². The van der Waals surface area contributed by atoms with Crippen molar-refractivity contribution in [3.63, 3.8) is 0 Å². The van der Waals surface area contributed by atoms with E-state index in [0.717, 1.165) is 12.8 Å². The van der Waals surface area contributed by atoms with Crippen LogP contribution in [0.1, 0.15) is 43.2 Å². The van der Waals surface area contributed by atoms with E-state index in [0.29, 0.717) is 22.6 Å². The zero-order chi connectivity index (χ0) is 16.6. The topological polar surface area (TPSA) is 67.8 Å². The van der Waals surface area contributed by atoms with Crippen LogP contribution >= 0.6 is 0 Å². The molecule has 1 atom stereocenters. The van der Waals surface area contributed by atoms with Crippen LogP contribution < -0.4 is 10.5 Å². The molecule has 24 heavy (non-hydrogen) atoms. The number of amidine groups is 1. The van der Waals surface area contributed by atoms with Crippen molar-refractivity contribution in [2.24, 2.45) is 10.7 Å². The number of hydrogen-bond acceptors (Lipinski definition) is 4. The van der Waals surface area contributed by atoms with Gasteiger partial charge in [0.2, 0.25) is 0 Å². The summed E-state index contributed by atoms with van der Waals surface area (Å²) in [6.45, 7) is 0. The van der Waals surface area contributed by atoms with Crippen LogP contribution in [0.15, 0.2) is 53.5 Å². The number of nitrogens with zero attached hydrogens (tertiary/aromatic N) is 1. The minimum Gasteiger partial charge on any atom is -0.490 e. The first-order valence-electron chi connectivity index (χ1n) is 8.62. The number of para-hydroxylation sites is 2. The molecule has 1 aliphatic heterocycles. The third-order valence-corrected chi connectivity index (χ3v) is 5.03. The molecule has 0 bridgehead atoms. The summed E-state index contributed by atoms with van der Waals surface area (Å²) in [7, 11) is 0. The predicted molar refractivity (Wildman–Crippen MR) is 94.7 cm³/mol. The first kappa shape index (κ1) is 15.2. The Kier molecular flexibility index (Phi) is 3.77. The predicted octanol–water partition coefficient (Wildman–Crippen LogP) is 3.64. The summed E-state index contributed by atoms with van der Waals surface area (Å²) in [4.78, 5) is 4.36. The Hall–Kier alpha value is -2.33. The molecular weight excluding hydrogens is 300 g/mol. The Labute approximate surface area is 142 Å². The average molecular weight is 322 g/mol. The van der Waals surface area contributed by atoms with E-state index >= 15 is 0 Å². The largest absolute Gasteiger partial charge is 0.490 e. The van der Waals surface area contributed by atoms with Crippen molar-refractivity contribution in [3.05, 3.63) is 59.7 Å². The summed E-state index contributed by atoms with van der Waals surface area (Å²) < 4.78 is 6.26. The Morgan fingerprint density at radius 2 is 1.62 bits per heavy atom. The van der Waals surface area contributed by atoms with Gasteiger partial charge in [0.1, 0.15) is 11.6 Å². The fraction of sp³-hybridized carbons (Fsp3) is 0.350. The molecule has 0 amide bonds. The Bertz CT molecular complexity index is 781. The molecule has 1 fully saturated rings. The molecule has 2 aliphatic rings. The van der Waals surface area contributed by atoms with Crippen molar-refractivity contribution in [3.8, 4) is 5.75 Å². The minimum absolute atomic E-state index is 0.198. The van der Waals surface area contributed by atoms with Gasteiger partial charge in [0.25, 0.3) is 0 Å². The fourth-order valence-corrected chi connectivity index (χ4v) is 3.74. The summed E-state index contributed by atoms with van der Waals surface area (Å²) in [5.74, 6) is 0.894. The standard InChI is InChI=1S/C20H22N2O2/c21-19-20(23,15-10-4-6-12-17(15)22-19)16-11-5-7-13-18(16)24-14-8-2-1-3-9-14/h4-7,10-14,23H,1-3,8-9H2,(H2,21,22). The number of nitrogens with two attached hydrogens (primary N) is 1. The lowest BCUT2D eigenvalue weighted by Gasteiger charge is -2.29. The molecule has 2 aromatic carbocycles. The van der Waals surface area contributed by atoms with Gasteiger partial charge < -0.3 is 15.6 Å². The number of rotatable bonds is 3.